The maximum atomic E-state index is 12.1. The first-order valence-electron chi connectivity index (χ1n) is 8.85. The van der Waals surface area contributed by atoms with Crippen LogP contribution < -0.4 is 5.32 Å². The molecule has 0 aliphatic carbocycles. The van der Waals surface area contributed by atoms with Crippen molar-refractivity contribution in [3.63, 3.8) is 0 Å². The van der Waals surface area contributed by atoms with Gasteiger partial charge in [0.2, 0.25) is 5.91 Å². The zero-order valence-electron chi connectivity index (χ0n) is 14.9. The number of carbonyl (C=O) groups is 1. The molecular formula is C22H23NO2S. The Labute approximate surface area is 156 Å². The summed E-state index contributed by atoms with van der Waals surface area (Å²) in [5.74, 6) is 0.322. The van der Waals surface area contributed by atoms with Crippen LogP contribution in [0.1, 0.15) is 18.9 Å². The molecule has 0 aliphatic rings. The van der Waals surface area contributed by atoms with Crippen molar-refractivity contribution in [2.24, 2.45) is 0 Å². The lowest BCUT2D eigenvalue weighted by Crippen LogP contribution is -2.29. The summed E-state index contributed by atoms with van der Waals surface area (Å²) in [5, 5.41) is 5.20. The van der Waals surface area contributed by atoms with Crippen LogP contribution in [-0.2, 0) is 21.3 Å². The van der Waals surface area contributed by atoms with Gasteiger partial charge in [0.15, 0.2) is 0 Å². The van der Waals surface area contributed by atoms with E-state index >= 15 is 0 Å². The Hall–Kier alpha value is -2.46. The van der Waals surface area contributed by atoms with Crippen LogP contribution in [0.4, 0.5) is 0 Å². The van der Waals surface area contributed by atoms with Crippen LogP contribution in [0, 0.1) is 0 Å². The highest BCUT2D eigenvalue weighted by Gasteiger charge is 2.08. The van der Waals surface area contributed by atoms with E-state index in [0.29, 0.717) is 12.3 Å². The van der Waals surface area contributed by atoms with E-state index in [-0.39, 0.29) is 11.7 Å². The first-order valence-corrected chi connectivity index (χ1v) is 10.3. The smallest absolute Gasteiger partial charge is 0.232 e. The molecule has 3 nitrogen and oxygen atoms in total. The van der Waals surface area contributed by atoms with Gasteiger partial charge in [0.25, 0.3) is 0 Å². The molecule has 0 aromatic heterocycles. The number of benzene rings is 3. The number of nitrogens with one attached hydrogen (secondary N) is 1. The standard InChI is InChI=1S/C22H23NO2S/c1-2-13-23-22(24)16-26(25)15-17-7-9-19(10-8-17)21-12-11-18-5-3-4-6-20(18)14-21/h3-12,14H,2,13,15-16H2,1H3,(H,23,24). The third-order valence-corrected chi connectivity index (χ3v) is 5.47. The largest absolute Gasteiger partial charge is 0.355 e. The molecule has 0 saturated carbocycles. The van der Waals surface area contributed by atoms with Crippen molar-refractivity contribution >= 4 is 27.5 Å². The number of hydrogen-bond donors (Lipinski definition) is 1. The fourth-order valence-electron chi connectivity index (χ4n) is 2.86. The number of amides is 1. The Kier molecular flexibility index (Phi) is 6.18. The molecule has 0 radical (unpaired) electrons. The van der Waals surface area contributed by atoms with E-state index in [9.17, 15) is 9.00 Å². The number of fused-ring (bicyclic) bond motifs is 1. The molecule has 0 aliphatic heterocycles. The molecule has 4 heteroatoms. The molecule has 0 saturated heterocycles. The molecule has 1 atom stereocenters. The minimum absolute atomic E-state index is 0.0619. The van der Waals surface area contributed by atoms with Crippen LogP contribution in [-0.4, -0.2) is 22.4 Å². The van der Waals surface area contributed by atoms with Crippen LogP contribution in [0.5, 0.6) is 0 Å². The van der Waals surface area contributed by atoms with Gasteiger partial charge in [-0.25, -0.2) is 0 Å². The van der Waals surface area contributed by atoms with Crippen molar-refractivity contribution in [3.05, 3.63) is 72.3 Å². The van der Waals surface area contributed by atoms with E-state index in [1.165, 1.54) is 10.8 Å². The molecule has 3 aromatic carbocycles. The molecule has 0 heterocycles. The van der Waals surface area contributed by atoms with Crippen molar-refractivity contribution in [2.75, 3.05) is 12.3 Å². The van der Waals surface area contributed by atoms with Crippen molar-refractivity contribution in [1.82, 2.24) is 5.32 Å². The summed E-state index contributed by atoms with van der Waals surface area (Å²) in [6.07, 6.45) is 0.884. The summed E-state index contributed by atoms with van der Waals surface area (Å²) in [7, 11) is -1.19. The zero-order valence-corrected chi connectivity index (χ0v) is 15.7. The highest BCUT2D eigenvalue weighted by Crippen LogP contribution is 2.25. The Balaban J connectivity index is 1.66. The van der Waals surface area contributed by atoms with E-state index in [0.717, 1.165) is 23.1 Å². The second-order valence-electron chi connectivity index (χ2n) is 6.34. The summed E-state index contributed by atoms with van der Waals surface area (Å²) in [6.45, 7) is 2.63. The first-order chi connectivity index (χ1) is 12.7. The van der Waals surface area contributed by atoms with E-state index < -0.39 is 10.8 Å². The van der Waals surface area contributed by atoms with Gasteiger partial charge < -0.3 is 5.32 Å². The van der Waals surface area contributed by atoms with Gasteiger partial charge in [0.1, 0.15) is 5.75 Å². The lowest BCUT2D eigenvalue weighted by molar-refractivity contribution is -0.118. The maximum absolute atomic E-state index is 12.1. The van der Waals surface area contributed by atoms with Crippen LogP contribution in [0.15, 0.2) is 66.7 Å². The molecule has 134 valence electrons. The van der Waals surface area contributed by atoms with Crippen LogP contribution in [0.25, 0.3) is 21.9 Å². The monoisotopic (exact) mass is 365 g/mol. The Morgan fingerprint density at radius 2 is 1.62 bits per heavy atom. The summed E-state index contributed by atoms with van der Waals surface area (Å²) in [4.78, 5) is 11.6. The average molecular weight is 365 g/mol. The number of rotatable bonds is 7. The highest BCUT2D eigenvalue weighted by atomic mass is 32.2. The molecule has 3 aromatic rings. The Morgan fingerprint density at radius 3 is 2.35 bits per heavy atom. The summed E-state index contributed by atoms with van der Waals surface area (Å²) >= 11 is 0. The molecule has 1 N–H and O–H groups in total. The van der Waals surface area contributed by atoms with E-state index in [2.05, 4.69) is 35.6 Å². The van der Waals surface area contributed by atoms with Gasteiger partial charge in [-0.2, -0.15) is 0 Å². The molecule has 1 amide bonds. The van der Waals surface area contributed by atoms with E-state index in [1.807, 2.05) is 43.3 Å². The minimum atomic E-state index is -1.19. The summed E-state index contributed by atoms with van der Waals surface area (Å²) < 4.78 is 12.1. The molecule has 26 heavy (non-hydrogen) atoms. The molecule has 0 fully saturated rings. The van der Waals surface area contributed by atoms with Gasteiger partial charge in [0, 0.05) is 23.1 Å². The van der Waals surface area contributed by atoms with Gasteiger partial charge in [-0.05, 0) is 39.9 Å². The lowest BCUT2D eigenvalue weighted by atomic mass is 10.0. The predicted molar refractivity (Wildman–Crippen MR) is 109 cm³/mol. The minimum Gasteiger partial charge on any atom is -0.355 e. The van der Waals surface area contributed by atoms with Crippen molar-refractivity contribution in [1.29, 1.82) is 0 Å². The predicted octanol–water partition coefficient (Wildman–Crippen LogP) is 4.28. The molecule has 1 unspecified atom stereocenters. The maximum Gasteiger partial charge on any atom is 0.232 e. The van der Waals surface area contributed by atoms with Crippen LogP contribution in [0.3, 0.4) is 0 Å². The summed E-state index contributed by atoms with van der Waals surface area (Å²) in [6, 6.07) is 22.8. The van der Waals surface area contributed by atoms with Crippen LogP contribution in [0.2, 0.25) is 0 Å². The molecule has 3 rings (SSSR count). The second kappa shape index (κ2) is 8.77. The second-order valence-corrected chi connectivity index (χ2v) is 7.79. The van der Waals surface area contributed by atoms with Crippen molar-refractivity contribution in [3.8, 4) is 11.1 Å². The highest BCUT2D eigenvalue weighted by molar-refractivity contribution is 7.84. The van der Waals surface area contributed by atoms with Crippen LogP contribution >= 0.6 is 0 Å². The molecular weight excluding hydrogens is 342 g/mol. The van der Waals surface area contributed by atoms with Gasteiger partial charge in [-0.1, -0.05) is 67.6 Å². The Bertz CT molecular complexity index is 919. The molecule has 0 bridgehead atoms. The fraction of sp³-hybridized carbons (Fsp3) is 0.227. The number of hydrogen-bond acceptors (Lipinski definition) is 2. The van der Waals surface area contributed by atoms with Crippen molar-refractivity contribution in [2.45, 2.75) is 19.1 Å². The van der Waals surface area contributed by atoms with E-state index in [1.54, 1.807) is 0 Å². The number of carbonyl (C=O) groups excluding carboxylic acids is 1. The average Bonchev–Trinajstić information content (AvgIpc) is 2.66. The van der Waals surface area contributed by atoms with Gasteiger partial charge in [0.05, 0.1) is 0 Å². The zero-order chi connectivity index (χ0) is 18.4. The Morgan fingerprint density at radius 1 is 0.923 bits per heavy atom. The van der Waals surface area contributed by atoms with Gasteiger partial charge >= 0.3 is 0 Å². The first kappa shape index (κ1) is 18.3. The van der Waals surface area contributed by atoms with Gasteiger partial charge in [-0.3, -0.25) is 9.00 Å². The van der Waals surface area contributed by atoms with Gasteiger partial charge in [-0.15, -0.1) is 0 Å². The third-order valence-electron chi connectivity index (χ3n) is 4.23. The SMILES string of the molecule is CCCNC(=O)CS(=O)Cc1ccc(-c2ccc3ccccc3c2)cc1. The third kappa shape index (κ3) is 4.79. The molecule has 0 spiro atoms. The normalized spacial score (nSPS) is 12.0. The topological polar surface area (TPSA) is 46.2 Å². The summed E-state index contributed by atoms with van der Waals surface area (Å²) in [5.41, 5.74) is 3.28. The quantitative estimate of drug-likeness (QED) is 0.679. The lowest BCUT2D eigenvalue weighted by Gasteiger charge is -2.07. The van der Waals surface area contributed by atoms with E-state index in [4.69, 9.17) is 0 Å². The fourth-order valence-corrected chi connectivity index (χ4v) is 3.92. The van der Waals surface area contributed by atoms with Crippen molar-refractivity contribution < 1.29 is 9.00 Å².